The Bertz CT molecular complexity index is 157. The minimum Gasteiger partial charge on any atom is -0.386 e. The van der Waals surface area contributed by atoms with E-state index in [1.54, 1.807) is 0 Å². The summed E-state index contributed by atoms with van der Waals surface area (Å²) in [5.74, 6) is -0.328. The second-order valence-corrected chi connectivity index (χ2v) is 1.87. The molecule has 0 aromatic rings. The lowest BCUT2D eigenvalue weighted by molar-refractivity contribution is -0.136. The first-order chi connectivity index (χ1) is 4.84. The smallest absolute Gasteiger partial charge is 0.266 e. The molecule has 0 aromatic heterocycles. The van der Waals surface area contributed by atoms with Gasteiger partial charge in [0.1, 0.15) is 12.9 Å². The van der Waals surface area contributed by atoms with Crippen molar-refractivity contribution in [3.8, 4) is 0 Å². The maximum Gasteiger partial charge on any atom is 0.266 e. The van der Waals surface area contributed by atoms with Crippen molar-refractivity contribution >= 4 is 12.2 Å². The van der Waals surface area contributed by atoms with Gasteiger partial charge in [-0.1, -0.05) is 0 Å². The van der Waals surface area contributed by atoms with E-state index in [0.29, 0.717) is 13.1 Å². The van der Waals surface area contributed by atoms with Gasteiger partial charge < -0.3 is 5.11 Å². The van der Waals surface area contributed by atoms with Crippen LogP contribution in [-0.2, 0) is 4.79 Å². The molecule has 1 rings (SSSR count). The van der Waals surface area contributed by atoms with Gasteiger partial charge in [0, 0.05) is 0 Å². The zero-order chi connectivity index (χ0) is 7.40. The molecule has 0 unspecified atom stereocenters. The number of hydrogen-bond donors (Lipinski definition) is 2. The van der Waals surface area contributed by atoms with E-state index < -0.39 is 6.61 Å². The van der Waals surface area contributed by atoms with E-state index in [-0.39, 0.29) is 5.91 Å². The van der Waals surface area contributed by atoms with Crippen LogP contribution in [0.25, 0.3) is 0 Å². The second kappa shape index (κ2) is 3.17. The molecule has 56 valence electrons. The van der Waals surface area contributed by atoms with Crippen molar-refractivity contribution in [2.24, 2.45) is 4.99 Å². The van der Waals surface area contributed by atoms with Gasteiger partial charge in [-0.3, -0.25) is 20.2 Å². The number of hydrazine groups is 1. The van der Waals surface area contributed by atoms with Crippen molar-refractivity contribution in [3.05, 3.63) is 0 Å². The van der Waals surface area contributed by atoms with Gasteiger partial charge in [-0.15, -0.1) is 0 Å². The quantitative estimate of drug-likeness (QED) is 0.462. The largest absolute Gasteiger partial charge is 0.386 e. The lowest BCUT2D eigenvalue weighted by Crippen LogP contribution is -2.47. The van der Waals surface area contributed by atoms with Crippen LogP contribution in [0.3, 0.4) is 0 Å². The highest BCUT2D eigenvalue weighted by Gasteiger charge is 2.11. The SMILES string of the molecule is O=C(CO)N1CCN=CN1. The number of amides is 1. The van der Waals surface area contributed by atoms with Crippen molar-refractivity contribution in [1.29, 1.82) is 0 Å². The molecule has 1 aliphatic rings. The summed E-state index contributed by atoms with van der Waals surface area (Å²) in [5, 5.41) is 9.74. The summed E-state index contributed by atoms with van der Waals surface area (Å²) in [6, 6.07) is 0. The molecule has 0 aromatic carbocycles. The van der Waals surface area contributed by atoms with Crippen LogP contribution in [0.1, 0.15) is 0 Å². The number of hydrogen-bond acceptors (Lipinski definition) is 4. The van der Waals surface area contributed by atoms with Crippen LogP contribution < -0.4 is 5.43 Å². The molecule has 5 heteroatoms. The highest BCUT2D eigenvalue weighted by atomic mass is 16.3. The summed E-state index contributed by atoms with van der Waals surface area (Å²) in [5.41, 5.74) is 2.60. The fourth-order valence-electron chi connectivity index (χ4n) is 0.679. The number of aliphatic hydroxyl groups excluding tert-OH is 1. The number of rotatable bonds is 1. The van der Waals surface area contributed by atoms with Crippen LogP contribution in [0.2, 0.25) is 0 Å². The van der Waals surface area contributed by atoms with Crippen molar-refractivity contribution in [2.75, 3.05) is 19.7 Å². The third-order valence-electron chi connectivity index (χ3n) is 1.19. The fourth-order valence-corrected chi connectivity index (χ4v) is 0.679. The molecule has 2 N–H and O–H groups in total. The Balaban J connectivity index is 2.41. The standard InChI is InChI=1S/C5H9N3O2/c9-3-5(10)8-2-1-6-4-7-8/h4,9H,1-3H2,(H,6,7). The molecule has 0 spiro atoms. The summed E-state index contributed by atoms with van der Waals surface area (Å²) >= 11 is 0. The van der Waals surface area contributed by atoms with Gasteiger partial charge in [-0.2, -0.15) is 0 Å². The number of carbonyl (C=O) groups excluding carboxylic acids is 1. The van der Waals surface area contributed by atoms with E-state index in [0.717, 1.165) is 0 Å². The van der Waals surface area contributed by atoms with Crippen LogP contribution in [0.15, 0.2) is 4.99 Å². The zero-order valence-electron chi connectivity index (χ0n) is 5.45. The molecule has 1 amide bonds. The lowest BCUT2D eigenvalue weighted by Gasteiger charge is -2.22. The van der Waals surface area contributed by atoms with Crippen molar-refractivity contribution in [1.82, 2.24) is 10.4 Å². The Labute approximate surface area is 58.3 Å². The van der Waals surface area contributed by atoms with Crippen LogP contribution >= 0.6 is 0 Å². The minimum atomic E-state index is -0.458. The number of aliphatic imine (C=N–C) groups is 1. The summed E-state index contributed by atoms with van der Waals surface area (Å²) in [6.07, 6.45) is 1.44. The van der Waals surface area contributed by atoms with Gasteiger partial charge in [-0.05, 0) is 0 Å². The maximum atomic E-state index is 10.7. The second-order valence-electron chi connectivity index (χ2n) is 1.87. The van der Waals surface area contributed by atoms with Crippen molar-refractivity contribution < 1.29 is 9.90 Å². The lowest BCUT2D eigenvalue weighted by atomic mass is 10.5. The summed E-state index contributed by atoms with van der Waals surface area (Å²) in [7, 11) is 0. The normalized spacial score (nSPS) is 16.7. The van der Waals surface area contributed by atoms with E-state index in [1.807, 2.05) is 0 Å². The third kappa shape index (κ3) is 1.44. The Morgan fingerprint density at radius 3 is 3.20 bits per heavy atom. The molecule has 0 aliphatic carbocycles. The average Bonchev–Trinajstić information content (AvgIpc) is 2.05. The van der Waals surface area contributed by atoms with Crippen LogP contribution in [0.4, 0.5) is 0 Å². The molecule has 10 heavy (non-hydrogen) atoms. The van der Waals surface area contributed by atoms with Gasteiger partial charge in [0.05, 0.1) is 13.1 Å². The van der Waals surface area contributed by atoms with Crippen LogP contribution in [-0.4, -0.2) is 42.1 Å². The third-order valence-corrected chi connectivity index (χ3v) is 1.19. The fraction of sp³-hybridized carbons (Fsp3) is 0.600. The van der Waals surface area contributed by atoms with E-state index in [1.165, 1.54) is 11.3 Å². The molecular weight excluding hydrogens is 134 g/mol. The minimum absolute atomic E-state index is 0.328. The topological polar surface area (TPSA) is 64.9 Å². The first-order valence-electron chi connectivity index (χ1n) is 3.00. The highest BCUT2D eigenvalue weighted by molar-refractivity contribution is 5.78. The molecule has 1 aliphatic heterocycles. The summed E-state index contributed by atoms with van der Waals surface area (Å²) in [6.45, 7) is 0.662. The predicted molar refractivity (Wildman–Crippen MR) is 35.3 cm³/mol. The molecule has 0 radical (unpaired) electrons. The number of carbonyl (C=O) groups is 1. The molecule has 0 saturated carbocycles. The molecule has 0 bridgehead atoms. The van der Waals surface area contributed by atoms with Crippen molar-refractivity contribution in [2.45, 2.75) is 0 Å². The van der Waals surface area contributed by atoms with E-state index in [9.17, 15) is 4.79 Å². The Kier molecular flexibility index (Phi) is 2.22. The van der Waals surface area contributed by atoms with Gasteiger partial charge in [0.15, 0.2) is 0 Å². The molecule has 5 nitrogen and oxygen atoms in total. The van der Waals surface area contributed by atoms with Gasteiger partial charge in [0.25, 0.3) is 5.91 Å². The molecule has 0 atom stereocenters. The average molecular weight is 143 g/mol. The van der Waals surface area contributed by atoms with E-state index in [2.05, 4.69) is 10.4 Å². The summed E-state index contributed by atoms with van der Waals surface area (Å²) < 4.78 is 0. The first kappa shape index (κ1) is 7.01. The monoisotopic (exact) mass is 143 g/mol. The van der Waals surface area contributed by atoms with E-state index in [4.69, 9.17) is 5.11 Å². The highest BCUT2D eigenvalue weighted by Crippen LogP contribution is 1.87. The number of aliphatic hydroxyl groups is 1. The number of nitrogens with zero attached hydrogens (tertiary/aromatic N) is 2. The van der Waals surface area contributed by atoms with Crippen LogP contribution in [0, 0.1) is 0 Å². The Hall–Kier alpha value is -1.10. The van der Waals surface area contributed by atoms with Gasteiger partial charge in [0.2, 0.25) is 0 Å². The van der Waals surface area contributed by atoms with Gasteiger partial charge in [-0.25, -0.2) is 0 Å². The van der Waals surface area contributed by atoms with E-state index >= 15 is 0 Å². The number of nitrogens with one attached hydrogen (secondary N) is 1. The Morgan fingerprint density at radius 2 is 2.70 bits per heavy atom. The molecule has 0 saturated heterocycles. The Morgan fingerprint density at radius 1 is 1.90 bits per heavy atom. The molecule has 0 fully saturated rings. The van der Waals surface area contributed by atoms with Crippen molar-refractivity contribution in [3.63, 3.8) is 0 Å². The van der Waals surface area contributed by atoms with Gasteiger partial charge >= 0.3 is 0 Å². The zero-order valence-corrected chi connectivity index (χ0v) is 5.45. The maximum absolute atomic E-state index is 10.7. The predicted octanol–water partition coefficient (Wildman–Crippen LogP) is -1.65. The first-order valence-corrected chi connectivity index (χ1v) is 3.00. The summed E-state index contributed by atoms with van der Waals surface area (Å²) in [4.78, 5) is 14.6. The van der Waals surface area contributed by atoms with Crippen LogP contribution in [0.5, 0.6) is 0 Å². The molecule has 1 heterocycles. The molecular formula is C5H9N3O2.